The molecule has 1 aliphatic rings. The Morgan fingerprint density at radius 3 is 2.48 bits per heavy atom. The van der Waals surface area contributed by atoms with E-state index < -0.39 is 0 Å². The number of rotatable bonds is 11. The van der Waals surface area contributed by atoms with Crippen LogP contribution in [-0.4, -0.2) is 23.9 Å². The smallest absolute Gasteiger partial charge is 0.129 e. The summed E-state index contributed by atoms with van der Waals surface area (Å²) < 4.78 is 13.9. The number of hydrogen-bond donors (Lipinski definition) is 0. The average molecular weight is 366 g/mol. The van der Waals surface area contributed by atoms with Crippen molar-refractivity contribution in [1.29, 1.82) is 0 Å². The zero-order valence-corrected chi connectivity index (χ0v) is 16.5. The van der Waals surface area contributed by atoms with Gasteiger partial charge in [-0.05, 0) is 24.6 Å². The molecular weight excluding hydrogens is 334 g/mol. The molecule has 2 heterocycles. The number of aromatic nitrogens is 1. The van der Waals surface area contributed by atoms with Crippen molar-refractivity contribution in [3.8, 4) is 5.75 Å². The molecule has 2 aromatic carbocycles. The Labute approximate surface area is 162 Å². The van der Waals surface area contributed by atoms with Gasteiger partial charge < -0.3 is 14.0 Å². The highest BCUT2D eigenvalue weighted by Gasteiger charge is 2.24. The molecule has 0 amide bonds. The van der Waals surface area contributed by atoms with Gasteiger partial charge >= 0.3 is 0 Å². The lowest BCUT2D eigenvalue weighted by molar-refractivity contribution is 0.265. The molecule has 0 bridgehead atoms. The number of benzene rings is 2. The van der Waals surface area contributed by atoms with Crippen LogP contribution < -0.4 is 4.74 Å². The van der Waals surface area contributed by atoms with Crippen LogP contribution in [0.4, 0.5) is 0 Å². The minimum Gasteiger partial charge on any atom is -0.490 e. The lowest BCUT2D eigenvalue weighted by Gasteiger charge is -2.09. The lowest BCUT2D eigenvalue weighted by Crippen LogP contribution is -2.04. The summed E-state index contributed by atoms with van der Waals surface area (Å²) >= 11 is 0. The highest BCUT2D eigenvalue weighted by Crippen LogP contribution is 2.36. The minimum atomic E-state index is 0.279. The van der Waals surface area contributed by atoms with Crippen LogP contribution >= 0.6 is 0 Å². The van der Waals surface area contributed by atoms with Crippen LogP contribution in [0.2, 0.25) is 0 Å². The molecule has 1 aromatic heterocycles. The molecular formula is C24H31NO2. The van der Waals surface area contributed by atoms with E-state index in [0.717, 1.165) is 18.9 Å². The van der Waals surface area contributed by atoms with Gasteiger partial charge in [-0.25, -0.2) is 0 Å². The molecule has 0 saturated carbocycles. The second-order valence-corrected chi connectivity index (χ2v) is 7.71. The van der Waals surface area contributed by atoms with Crippen molar-refractivity contribution < 1.29 is 9.47 Å². The van der Waals surface area contributed by atoms with Crippen LogP contribution in [0.1, 0.15) is 51.9 Å². The summed E-state index contributed by atoms with van der Waals surface area (Å²) in [6, 6.07) is 15.2. The summed E-state index contributed by atoms with van der Waals surface area (Å²) in [4.78, 5) is 0. The minimum absolute atomic E-state index is 0.279. The molecule has 3 nitrogen and oxygen atoms in total. The Morgan fingerprint density at radius 1 is 0.926 bits per heavy atom. The number of nitrogens with zero attached hydrogens (tertiary/aromatic N) is 1. The zero-order valence-electron chi connectivity index (χ0n) is 16.5. The molecule has 144 valence electrons. The van der Waals surface area contributed by atoms with E-state index in [1.165, 1.54) is 66.8 Å². The van der Waals surface area contributed by atoms with Gasteiger partial charge in [0, 0.05) is 22.8 Å². The second-order valence-electron chi connectivity index (χ2n) is 7.71. The summed E-state index contributed by atoms with van der Waals surface area (Å²) in [5, 5.41) is 2.54. The highest BCUT2D eigenvalue weighted by atomic mass is 16.6. The SMILES string of the molecule is CCCCCCCCCn1c2ccccc2c2c(OCC3CO3)cccc21. The first-order valence-corrected chi connectivity index (χ1v) is 10.6. The molecule has 3 aromatic rings. The summed E-state index contributed by atoms with van der Waals surface area (Å²) in [5.74, 6) is 0.984. The maximum atomic E-state index is 6.11. The van der Waals surface area contributed by atoms with E-state index in [4.69, 9.17) is 9.47 Å². The van der Waals surface area contributed by atoms with Crippen LogP contribution in [-0.2, 0) is 11.3 Å². The van der Waals surface area contributed by atoms with Gasteiger partial charge in [-0.3, -0.25) is 0 Å². The van der Waals surface area contributed by atoms with E-state index >= 15 is 0 Å². The van der Waals surface area contributed by atoms with Gasteiger partial charge in [0.05, 0.1) is 12.1 Å². The first-order valence-electron chi connectivity index (χ1n) is 10.6. The van der Waals surface area contributed by atoms with E-state index in [2.05, 4.69) is 54.0 Å². The summed E-state index contributed by atoms with van der Waals surface area (Å²) in [6.45, 7) is 4.83. The monoisotopic (exact) mass is 365 g/mol. The van der Waals surface area contributed by atoms with Crippen molar-refractivity contribution in [2.75, 3.05) is 13.2 Å². The van der Waals surface area contributed by atoms with Crippen molar-refractivity contribution >= 4 is 21.8 Å². The molecule has 0 N–H and O–H groups in total. The summed E-state index contributed by atoms with van der Waals surface area (Å²) in [7, 11) is 0. The van der Waals surface area contributed by atoms with Gasteiger partial charge in [0.2, 0.25) is 0 Å². The quantitative estimate of drug-likeness (QED) is 0.293. The Bertz CT molecular complexity index is 879. The normalized spacial score (nSPS) is 16.3. The number of aryl methyl sites for hydroxylation is 1. The molecule has 0 radical (unpaired) electrons. The molecule has 0 spiro atoms. The van der Waals surface area contributed by atoms with Crippen LogP contribution in [0.3, 0.4) is 0 Å². The van der Waals surface area contributed by atoms with Gasteiger partial charge in [0.15, 0.2) is 0 Å². The Balaban J connectivity index is 1.53. The number of ether oxygens (including phenoxy) is 2. The van der Waals surface area contributed by atoms with Crippen molar-refractivity contribution in [3.05, 3.63) is 42.5 Å². The van der Waals surface area contributed by atoms with Crippen molar-refractivity contribution in [2.45, 2.75) is 64.5 Å². The molecule has 0 aliphatic carbocycles. The van der Waals surface area contributed by atoms with E-state index in [-0.39, 0.29) is 6.10 Å². The topological polar surface area (TPSA) is 26.7 Å². The maximum Gasteiger partial charge on any atom is 0.129 e. The number of epoxide rings is 1. The molecule has 27 heavy (non-hydrogen) atoms. The standard InChI is InChI=1S/C24H31NO2/c1-2-3-4-5-6-7-10-16-25-21-13-9-8-12-20(21)24-22(25)14-11-15-23(24)27-18-19-17-26-19/h8-9,11-15,19H,2-7,10,16-18H2,1H3. The fraction of sp³-hybridized carbons (Fsp3) is 0.500. The second kappa shape index (κ2) is 8.79. The summed E-state index contributed by atoms with van der Waals surface area (Å²) in [6.07, 6.45) is 9.64. The van der Waals surface area contributed by atoms with Gasteiger partial charge in [-0.15, -0.1) is 0 Å². The molecule has 1 aliphatic heterocycles. The number of para-hydroxylation sites is 1. The van der Waals surface area contributed by atoms with Crippen LogP contribution in [0.5, 0.6) is 5.75 Å². The van der Waals surface area contributed by atoms with Crippen molar-refractivity contribution in [2.24, 2.45) is 0 Å². The van der Waals surface area contributed by atoms with Gasteiger partial charge in [0.1, 0.15) is 18.5 Å². The van der Waals surface area contributed by atoms with Gasteiger partial charge in [0.25, 0.3) is 0 Å². The van der Waals surface area contributed by atoms with Crippen molar-refractivity contribution in [3.63, 3.8) is 0 Å². The Morgan fingerprint density at radius 2 is 1.67 bits per heavy atom. The maximum absolute atomic E-state index is 6.11. The van der Waals surface area contributed by atoms with E-state index in [1.807, 2.05) is 0 Å². The summed E-state index contributed by atoms with van der Waals surface area (Å²) in [5.41, 5.74) is 2.61. The number of unbranched alkanes of at least 4 members (excludes halogenated alkanes) is 6. The molecule has 1 fully saturated rings. The molecule has 3 heteroatoms. The Kier molecular flexibility index (Phi) is 5.98. The zero-order chi connectivity index (χ0) is 18.5. The lowest BCUT2D eigenvalue weighted by atomic mass is 10.1. The molecule has 1 atom stereocenters. The predicted molar refractivity (Wildman–Crippen MR) is 113 cm³/mol. The third-order valence-electron chi connectivity index (χ3n) is 5.57. The third-order valence-corrected chi connectivity index (χ3v) is 5.57. The highest BCUT2D eigenvalue weighted by molar-refractivity contribution is 6.11. The van der Waals surface area contributed by atoms with Crippen LogP contribution in [0.25, 0.3) is 21.8 Å². The molecule has 4 rings (SSSR count). The predicted octanol–water partition coefficient (Wildman–Crippen LogP) is 6.32. The molecule has 1 unspecified atom stereocenters. The van der Waals surface area contributed by atoms with Gasteiger partial charge in [-0.2, -0.15) is 0 Å². The average Bonchev–Trinajstić information content (AvgIpc) is 3.48. The van der Waals surface area contributed by atoms with E-state index in [0.29, 0.717) is 6.61 Å². The van der Waals surface area contributed by atoms with Crippen molar-refractivity contribution in [1.82, 2.24) is 4.57 Å². The fourth-order valence-electron chi connectivity index (χ4n) is 4.00. The largest absolute Gasteiger partial charge is 0.490 e. The number of hydrogen-bond acceptors (Lipinski definition) is 2. The third kappa shape index (κ3) is 4.30. The van der Waals surface area contributed by atoms with Crippen LogP contribution in [0.15, 0.2) is 42.5 Å². The van der Waals surface area contributed by atoms with Gasteiger partial charge in [-0.1, -0.05) is 69.7 Å². The molecule has 1 saturated heterocycles. The first-order chi connectivity index (χ1) is 13.4. The van der Waals surface area contributed by atoms with Crippen LogP contribution in [0, 0.1) is 0 Å². The Hall–Kier alpha value is -2.00. The van der Waals surface area contributed by atoms with E-state index in [1.54, 1.807) is 0 Å². The fourth-order valence-corrected chi connectivity index (χ4v) is 4.00. The van der Waals surface area contributed by atoms with E-state index in [9.17, 15) is 0 Å². The number of fused-ring (bicyclic) bond motifs is 3. The first kappa shape index (κ1) is 18.4.